The molecule has 1 atom stereocenters. The highest BCUT2D eigenvalue weighted by Crippen LogP contribution is 2.15. The minimum Gasteiger partial charge on any atom is -0.365 e. The Morgan fingerprint density at radius 3 is 3.22 bits per heavy atom. The van der Waals surface area contributed by atoms with Crippen LogP contribution in [0, 0.1) is 11.3 Å². The topological polar surface area (TPSA) is 69.0 Å². The zero-order valence-corrected chi connectivity index (χ0v) is 10.4. The van der Waals surface area contributed by atoms with E-state index >= 15 is 0 Å². The summed E-state index contributed by atoms with van der Waals surface area (Å²) in [5, 5.41) is 12.0. The molecule has 0 aliphatic carbocycles. The van der Waals surface area contributed by atoms with Crippen LogP contribution in [0.2, 0.25) is 0 Å². The van der Waals surface area contributed by atoms with Gasteiger partial charge in [-0.25, -0.2) is 4.98 Å². The summed E-state index contributed by atoms with van der Waals surface area (Å²) in [6, 6.07) is 7.55. The molecule has 18 heavy (non-hydrogen) atoms. The quantitative estimate of drug-likeness (QED) is 0.872. The summed E-state index contributed by atoms with van der Waals surface area (Å²) < 4.78 is 0. The third-order valence-electron chi connectivity index (χ3n) is 3.06. The van der Waals surface area contributed by atoms with E-state index in [1.165, 1.54) is 0 Å². The highest BCUT2D eigenvalue weighted by Gasteiger charge is 2.25. The number of nitriles is 1. The number of carbonyl (C=O) groups excluding carboxylic acids is 1. The normalized spacial score (nSPS) is 18.4. The summed E-state index contributed by atoms with van der Waals surface area (Å²) in [5.74, 6) is 0.892. The van der Waals surface area contributed by atoms with Crippen LogP contribution in [0.5, 0.6) is 0 Å². The summed E-state index contributed by atoms with van der Waals surface area (Å²) in [6.07, 6.45) is 1.47. The van der Waals surface area contributed by atoms with Gasteiger partial charge in [0.1, 0.15) is 17.6 Å². The van der Waals surface area contributed by atoms with Crippen molar-refractivity contribution in [2.75, 3.05) is 18.4 Å². The van der Waals surface area contributed by atoms with Gasteiger partial charge in [-0.15, -0.1) is 0 Å². The summed E-state index contributed by atoms with van der Waals surface area (Å²) in [7, 11) is 0. The molecule has 1 saturated heterocycles. The van der Waals surface area contributed by atoms with Gasteiger partial charge in [-0.3, -0.25) is 4.79 Å². The molecule has 1 unspecified atom stereocenters. The first-order valence-corrected chi connectivity index (χ1v) is 6.14. The summed E-state index contributed by atoms with van der Waals surface area (Å²) in [6.45, 7) is 3.38. The average Bonchev–Trinajstić information content (AvgIpc) is 2.86. The van der Waals surface area contributed by atoms with Gasteiger partial charge < -0.3 is 10.2 Å². The van der Waals surface area contributed by atoms with Crippen LogP contribution in [-0.4, -0.2) is 34.9 Å². The highest BCUT2D eigenvalue weighted by molar-refractivity contribution is 5.76. The summed E-state index contributed by atoms with van der Waals surface area (Å²) in [5.41, 5.74) is 0.402. The van der Waals surface area contributed by atoms with Crippen molar-refractivity contribution in [1.82, 2.24) is 9.88 Å². The van der Waals surface area contributed by atoms with Crippen molar-refractivity contribution in [2.45, 2.75) is 25.8 Å². The molecule has 0 saturated carbocycles. The van der Waals surface area contributed by atoms with E-state index in [0.29, 0.717) is 24.5 Å². The largest absolute Gasteiger partial charge is 0.365 e. The lowest BCUT2D eigenvalue weighted by Gasteiger charge is -2.16. The van der Waals surface area contributed by atoms with Crippen LogP contribution < -0.4 is 5.32 Å². The predicted molar refractivity (Wildman–Crippen MR) is 67.9 cm³/mol. The molecule has 2 heterocycles. The Balaban J connectivity index is 1.95. The molecule has 0 aromatic carbocycles. The van der Waals surface area contributed by atoms with Gasteiger partial charge in [0.05, 0.1) is 0 Å². The molecule has 0 radical (unpaired) electrons. The lowest BCUT2D eigenvalue weighted by molar-refractivity contribution is -0.129. The minimum atomic E-state index is 0.193. The van der Waals surface area contributed by atoms with E-state index in [0.717, 1.165) is 13.0 Å². The molecule has 2 rings (SSSR count). The minimum absolute atomic E-state index is 0.193. The van der Waals surface area contributed by atoms with Crippen LogP contribution >= 0.6 is 0 Å². The maximum atomic E-state index is 11.6. The number of rotatable bonds is 3. The molecule has 1 fully saturated rings. The highest BCUT2D eigenvalue weighted by atomic mass is 16.2. The standard InChI is InChI=1S/C13H16N4O/c1-2-13(18)17-7-6-11(9-17)16-12-5-3-4-10(8-14)15-12/h3-5,11H,2,6-7,9H2,1H3,(H,15,16). The number of nitrogens with one attached hydrogen (secondary N) is 1. The van der Waals surface area contributed by atoms with E-state index in [2.05, 4.69) is 10.3 Å². The molecule has 1 aromatic heterocycles. The first-order valence-electron chi connectivity index (χ1n) is 6.14. The second-order valence-electron chi connectivity index (χ2n) is 4.34. The Morgan fingerprint density at radius 2 is 2.50 bits per heavy atom. The first kappa shape index (κ1) is 12.4. The molecular formula is C13H16N4O. The molecule has 5 heteroatoms. The number of anilines is 1. The molecule has 0 spiro atoms. The predicted octanol–water partition coefficient (Wildman–Crippen LogP) is 1.38. The van der Waals surface area contributed by atoms with Gasteiger partial charge in [-0.05, 0) is 18.6 Å². The lowest BCUT2D eigenvalue weighted by Crippen LogP contribution is -2.31. The van der Waals surface area contributed by atoms with Gasteiger partial charge in [0.25, 0.3) is 0 Å². The van der Waals surface area contributed by atoms with Crippen LogP contribution in [0.4, 0.5) is 5.82 Å². The van der Waals surface area contributed by atoms with Gasteiger partial charge in [0, 0.05) is 25.6 Å². The number of carbonyl (C=O) groups is 1. The van der Waals surface area contributed by atoms with Crippen molar-refractivity contribution < 1.29 is 4.79 Å². The van der Waals surface area contributed by atoms with Crippen molar-refractivity contribution >= 4 is 11.7 Å². The van der Waals surface area contributed by atoms with Gasteiger partial charge >= 0.3 is 0 Å². The van der Waals surface area contributed by atoms with E-state index < -0.39 is 0 Å². The smallest absolute Gasteiger partial charge is 0.222 e. The van der Waals surface area contributed by atoms with Crippen molar-refractivity contribution in [3.63, 3.8) is 0 Å². The number of aromatic nitrogens is 1. The van der Waals surface area contributed by atoms with E-state index in [9.17, 15) is 4.79 Å². The van der Waals surface area contributed by atoms with Gasteiger partial charge in [0.15, 0.2) is 0 Å². The van der Waals surface area contributed by atoms with Crippen LogP contribution in [0.3, 0.4) is 0 Å². The molecular weight excluding hydrogens is 228 g/mol. The Hall–Kier alpha value is -2.09. The zero-order valence-electron chi connectivity index (χ0n) is 10.4. The molecule has 1 aromatic rings. The molecule has 1 aliphatic heterocycles. The molecule has 1 N–H and O–H groups in total. The van der Waals surface area contributed by atoms with Crippen LogP contribution in [0.1, 0.15) is 25.5 Å². The number of nitrogens with zero attached hydrogens (tertiary/aromatic N) is 3. The van der Waals surface area contributed by atoms with Crippen molar-refractivity contribution in [2.24, 2.45) is 0 Å². The number of amides is 1. The summed E-state index contributed by atoms with van der Waals surface area (Å²) >= 11 is 0. The van der Waals surface area contributed by atoms with E-state index in [4.69, 9.17) is 5.26 Å². The maximum Gasteiger partial charge on any atom is 0.222 e. The van der Waals surface area contributed by atoms with Crippen molar-refractivity contribution in [3.8, 4) is 6.07 Å². The average molecular weight is 244 g/mol. The summed E-state index contributed by atoms with van der Waals surface area (Å²) in [4.78, 5) is 17.6. The van der Waals surface area contributed by atoms with Crippen LogP contribution in [-0.2, 0) is 4.79 Å². The third kappa shape index (κ3) is 2.77. The first-order chi connectivity index (χ1) is 8.72. The van der Waals surface area contributed by atoms with Crippen molar-refractivity contribution in [1.29, 1.82) is 5.26 Å². The van der Waals surface area contributed by atoms with Crippen molar-refractivity contribution in [3.05, 3.63) is 23.9 Å². The molecule has 0 bridgehead atoms. The molecule has 1 aliphatic rings. The number of hydrogen-bond donors (Lipinski definition) is 1. The lowest BCUT2D eigenvalue weighted by atomic mass is 10.2. The second-order valence-corrected chi connectivity index (χ2v) is 4.34. The van der Waals surface area contributed by atoms with Gasteiger partial charge in [-0.2, -0.15) is 5.26 Å². The van der Waals surface area contributed by atoms with E-state index in [1.54, 1.807) is 12.1 Å². The monoisotopic (exact) mass is 244 g/mol. The van der Waals surface area contributed by atoms with E-state index in [-0.39, 0.29) is 11.9 Å². The zero-order chi connectivity index (χ0) is 13.0. The second kappa shape index (κ2) is 5.50. The SMILES string of the molecule is CCC(=O)N1CCC(Nc2cccc(C#N)n2)C1. The Kier molecular flexibility index (Phi) is 3.78. The Morgan fingerprint density at radius 1 is 1.67 bits per heavy atom. The molecule has 94 valence electrons. The third-order valence-corrected chi connectivity index (χ3v) is 3.06. The van der Waals surface area contributed by atoms with E-state index in [1.807, 2.05) is 24.0 Å². The fraction of sp³-hybridized carbons (Fsp3) is 0.462. The maximum absolute atomic E-state index is 11.6. The fourth-order valence-corrected chi connectivity index (χ4v) is 2.11. The van der Waals surface area contributed by atoms with Gasteiger partial charge in [-0.1, -0.05) is 13.0 Å². The number of hydrogen-bond acceptors (Lipinski definition) is 4. The molecule has 1 amide bonds. The number of likely N-dealkylation sites (tertiary alicyclic amines) is 1. The fourth-order valence-electron chi connectivity index (χ4n) is 2.11. The van der Waals surface area contributed by atoms with Gasteiger partial charge in [0.2, 0.25) is 5.91 Å². The van der Waals surface area contributed by atoms with Crippen LogP contribution in [0.25, 0.3) is 0 Å². The number of pyridine rings is 1. The Bertz CT molecular complexity index is 480. The Labute approximate surface area is 106 Å². The van der Waals surface area contributed by atoms with Crippen LogP contribution in [0.15, 0.2) is 18.2 Å². The molecule has 5 nitrogen and oxygen atoms in total.